The van der Waals surface area contributed by atoms with E-state index in [1.807, 2.05) is 49.4 Å². The molecule has 0 amide bonds. The molecule has 0 radical (unpaired) electrons. The van der Waals surface area contributed by atoms with Crippen molar-refractivity contribution in [3.8, 4) is 5.69 Å². The van der Waals surface area contributed by atoms with E-state index < -0.39 is 0 Å². The molecule has 1 aliphatic rings. The Labute approximate surface area is 220 Å². The van der Waals surface area contributed by atoms with Crippen LogP contribution in [0.2, 0.25) is 10.0 Å². The minimum atomic E-state index is -0.0176. The van der Waals surface area contributed by atoms with E-state index in [0.29, 0.717) is 27.5 Å². The van der Waals surface area contributed by atoms with E-state index in [1.54, 1.807) is 27.7 Å². The van der Waals surface area contributed by atoms with Crippen LogP contribution in [0.3, 0.4) is 0 Å². The summed E-state index contributed by atoms with van der Waals surface area (Å²) < 4.78 is 3.78. The molecular weight excluding hydrogens is 519 g/mol. The van der Waals surface area contributed by atoms with Crippen LogP contribution < -0.4 is 5.56 Å². The fourth-order valence-corrected chi connectivity index (χ4v) is 7.55. The summed E-state index contributed by atoms with van der Waals surface area (Å²) in [5.41, 5.74) is 4.17. The molecule has 2 aromatic carbocycles. The van der Waals surface area contributed by atoms with Crippen LogP contribution in [0.25, 0.3) is 21.7 Å². The topological polar surface area (TPSA) is 52.2 Å². The molecule has 0 fully saturated rings. The molecule has 0 saturated heterocycles. The summed E-state index contributed by atoms with van der Waals surface area (Å²) in [6.45, 7) is 4.27. The highest BCUT2D eigenvalue weighted by Gasteiger charge is 2.28. The molecular formula is C26H22Cl2N4OS2. The van der Waals surface area contributed by atoms with Crippen molar-refractivity contribution in [1.82, 2.24) is 19.2 Å². The number of halogens is 2. The highest BCUT2D eigenvalue weighted by Crippen LogP contribution is 2.42. The third kappa shape index (κ3) is 3.89. The molecule has 0 bridgehead atoms. The first-order valence-electron chi connectivity index (χ1n) is 11.5. The minimum absolute atomic E-state index is 0.0176. The Hall–Kier alpha value is -2.32. The van der Waals surface area contributed by atoms with Gasteiger partial charge in [0.15, 0.2) is 5.16 Å². The zero-order chi connectivity index (χ0) is 24.3. The molecule has 5 aromatic rings. The lowest BCUT2D eigenvalue weighted by Crippen LogP contribution is -2.22. The van der Waals surface area contributed by atoms with E-state index in [2.05, 4.69) is 21.5 Å². The third-order valence-corrected chi connectivity index (χ3v) is 9.61. The predicted molar refractivity (Wildman–Crippen MR) is 146 cm³/mol. The van der Waals surface area contributed by atoms with Gasteiger partial charge < -0.3 is 0 Å². The molecule has 0 spiro atoms. The van der Waals surface area contributed by atoms with Gasteiger partial charge in [0, 0.05) is 10.6 Å². The monoisotopic (exact) mass is 540 g/mol. The van der Waals surface area contributed by atoms with Gasteiger partial charge >= 0.3 is 0 Å². The van der Waals surface area contributed by atoms with Crippen LogP contribution in [0.4, 0.5) is 0 Å². The van der Waals surface area contributed by atoms with Gasteiger partial charge in [0.2, 0.25) is 5.78 Å². The fourth-order valence-electron chi connectivity index (χ4n) is 4.85. The first kappa shape index (κ1) is 23.1. The van der Waals surface area contributed by atoms with Crippen molar-refractivity contribution in [1.29, 1.82) is 0 Å². The Balaban J connectivity index is 1.58. The van der Waals surface area contributed by atoms with Gasteiger partial charge in [0.1, 0.15) is 4.83 Å². The van der Waals surface area contributed by atoms with Crippen molar-refractivity contribution in [2.75, 3.05) is 0 Å². The van der Waals surface area contributed by atoms with Gasteiger partial charge in [-0.15, -0.1) is 21.5 Å². The number of aromatic nitrogens is 4. The molecule has 5 nitrogen and oxygen atoms in total. The lowest BCUT2D eigenvalue weighted by Gasteiger charge is -2.18. The molecule has 0 saturated carbocycles. The Morgan fingerprint density at radius 1 is 1.11 bits per heavy atom. The van der Waals surface area contributed by atoms with Crippen molar-refractivity contribution in [3.63, 3.8) is 0 Å². The van der Waals surface area contributed by atoms with E-state index in [4.69, 9.17) is 23.2 Å². The summed E-state index contributed by atoms with van der Waals surface area (Å²) in [5.74, 6) is 1.55. The maximum Gasteiger partial charge on any atom is 0.268 e. The van der Waals surface area contributed by atoms with E-state index in [-0.39, 0.29) is 5.56 Å². The van der Waals surface area contributed by atoms with Crippen LogP contribution in [-0.2, 0) is 12.2 Å². The molecule has 0 unspecified atom stereocenters. The van der Waals surface area contributed by atoms with Gasteiger partial charge in [-0.1, -0.05) is 65.7 Å². The Kier molecular flexibility index (Phi) is 5.92. The first-order chi connectivity index (χ1) is 16.9. The molecule has 178 valence electrons. The quantitative estimate of drug-likeness (QED) is 0.222. The summed E-state index contributed by atoms with van der Waals surface area (Å²) in [5, 5.41) is 11.7. The van der Waals surface area contributed by atoms with Gasteiger partial charge in [-0.2, -0.15) is 0 Å². The fraction of sp³-hybridized carbons (Fsp3) is 0.269. The van der Waals surface area contributed by atoms with Crippen molar-refractivity contribution >= 4 is 62.3 Å². The lowest BCUT2D eigenvalue weighted by molar-refractivity contribution is 0.601. The molecule has 35 heavy (non-hydrogen) atoms. The first-order valence-corrected chi connectivity index (χ1v) is 14.1. The van der Waals surface area contributed by atoms with Crippen molar-refractivity contribution in [2.24, 2.45) is 0 Å². The number of hydrogen-bond donors (Lipinski definition) is 0. The van der Waals surface area contributed by atoms with Gasteiger partial charge in [0.05, 0.1) is 21.1 Å². The van der Waals surface area contributed by atoms with Crippen LogP contribution in [0.5, 0.6) is 0 Å². The summed E-state index contributed by atoms with van der Waals surface area (Å²) >= 11 is 15.6. The second-order valence-corrected chi connectivity index (χ2v) is 11.9. The van der Waals surface area contributed by atoms with Gasteiger partial charge in [-0.05, 0) is 67.5 Å². The lowest BCUT2D eigenvalue weighted by atomic mass is 9.88. The van der Waals surface area contributed by atoms with E-state index in [9.17, 15) is 4.79 Å². The summed E-state index contributed by atoms with van der Waals surface area (Å²) in [6, 6.07) is 13.6. The van der Waals surface area contributed by atoms with Crippen LogP contribution in [0.15, 0.2) is 52.4 Å². The molecule has 1 atom stereocenters. The van der Waals surface area contributed by atoms with Crippen LogP contribution in [0.1, 0.15) is 47.3 Å². The molecule has 1 aliphatic carbocycles. The van der Waals surface area contributed by atoms with Crippen molar-refractivity contribution in [2.45, 2.75) is 49.9 Å². The summed E-state index contributed by atoms with van der Waals surface area (Å²) in [6.07, 6.45) is 3.26. The Morgan fingerprint density at radius 2 is 1.91 bits per heavy atom. The Morgan fingerprint density at radius 3 is 2.69 bits per heavy atom. The minimum Gasteiger partial charge on any atom is -0.268 e. The zero-order valence-corrected chi connectivity index (χ0v) is 22.4. The number of fused-ring (bicyclic) bond motifs is 5. The summed E-state index contributed by atoms with van der Waals surface area (Å²) in [7, 11) is 0. The van der Waals surface area contributed by atoms with Crippen molar-refractivity contribution < 1.29 is 0 Å². The van der Waals surface area contributed by atoms with Gasteiger partial charge in [-0.25, -0.2) is 8.97 Å². The second-order valence-electron chi connectivity index (χ2n) is 9.04. The molecule has 0 N–H and O–H groups in total. The zero-order valence-electron chi connectivity index (χ0n) is 19.2. The number of rotatable bonds is 4. The second kappa shape index (κ2) is 8.96. The van der Waals surface area contributed by atoms with E-state index in [0.717, 1.165) is 51.4 Å². The smallest absolute Gasteiger partial charge is 0.268 e. The third-order valence-electron chi connectivity index (χ3n) is 6.62. The molecule has 9 heteroatoms. The molecule has 0 aliphatic heterocycles. The number of benzene rings is 2. The Bertz CT molecular complexity index is 1650. The van der Waals surface area contributed by atoms with Gasteiger partial charge in [0.25, 0.3) is 5.56 Å². The number of hydrogen-bond acceptors (Lipinski definition) is 5. The maximum absolute atomic E-state index is 14.0. The molecule has 3 heterocycles. The largest absolute Gasteiger partial charge is 0.268 e. The average molecular weight is 542 g/mol. The summed E-state index contributed by atoms with van der Waals surface area (Å²) in [4.78, 5) is 16.3. The normalized spacial score (nSPS) is 15.7. The van der Waals surface area contributed by atoms with Crippen LogP contribution in [0, 0.1) is 6.92 Å². The van der Waals surface area contributed by atoms with Crippen LogP contribution in [-0.4, -0.2) is 19.2 Å². The SMILES string of the molecule is Cc1ccc(-n2c(=O)c3c4c(sc3n3c(SCc5ccc(Cl)c(Cl)c5)nnc23)CCC[C@@H]4C)cc1. The molecule has 3 aromatic heterocycles. The number of thioether (sulfide) groups is 1. The standard InChI is InChI=1S/C26H22Cl2N4OS2/c1-14-6-9-17(10-7-14)31-23(33)22-21-15(2)4-3-5-20(21)35-24(22)32-25(31)29-30-26(32)34-13-16-8-11-18(27)19(28)12-16/h6-12,15H,3-5,13H2,1-2H3/t15-/m0/s1. The number of nitrogens with zero attached hydrogens (tertiary/aromatic N) is 4. The molecule has 6 rings (SSSR count). The van der Waals surface area contributed by atoms with E-state index in [1.165, 1.54) is 10.4 Å². The van der Waals surface area contributed by atoms with E-state index >= 15 is 0 Å². The number of thiophene rings is 1. The van der Waals surface area contributed by atoms with Crippen molar-refractivity contribution in [3.05, 3.63) is 84.4 Å². The maximum atomic E-state index is 14.0. The highest BCUT2D eigenvalue weighted by molar-refractivity contribution is 7.98. The average Bonchev–Trinajstić information content (AvgIpc) is 3.43. The van der Waals surface area contributed by atoms with Gasteiger partial charge in [-0.3, -0.25) is 4.79 Å². The predicted octanol–water partition coefficient (Wildman–Crippen LogP) is 7.44. The number of aryl methyl sites for hydroxylation is 2. The highest BCUT2D eigenvalue weighted by atomic mass is 35.5. The van der Waals surface area contributed by atoms with Crippen LogP contribution >= 0.6 is 46.3 Å².